The van der Waals surface area contributed by atoms with Crippen LogP contribution in [0.3, 0.4) is 0 Å². The van der Waals surface area contributed by atoms with Crippen molar-refractivity contribution in [3.8, 4) is 0 Å². The van der Waals surface area contributed by atoms with Gasteiger partial charge in [-0.15, -0.1) is 11.3 Å². The number of esters is 1. The monoisotopic (exact) mass is 309 g/mol. The molecule has 0 aliphatic carbocycles. The third-order valence-corrected chi connectivity index (χ3v) is 4.80. The van der Waals surface area contributed by atoms with Gasteiger partial charge in [0.25, 0.3) is 0 Å². The van der Waals surface area contributed by atoms with E-state index in [9.17, 15) is 4.79 Å². The minimum atomic E-state index is -0.287. The van der Waals surface area contributed by atoms with Gasteiger partial charge in [-0.3, -0.25) is 14.5 Å². The number of aromatic nitrogens is 2. The normalized spacial score (nSPS) is 14.3. The molecule has 0 bridgehead atoms. The summed E-state index contributed by atoms with van der Waals surface area (Å²) in [6.45, 7) is 8.81. The lowest BCUT2D eigenvalue weighted by Gasteiger charge is -2.21. The molecule has 0 radical (unpaired) electrons. The maximum Gasteiger partial charge on any atom is 0.323 e. The van der Waals surface area contributed by atoms with Crippen LogP contribution in [0.15, 0.2) is 6.20 Å². The third-order valence-electron chi connectivity index (χ3n) is 3.90. The van der Waals surface area contributed by atoms with Crippen molar-refractivity contribution in [3.63, 3.8) is 0 Å². The number of carbonyl (C=O) groups is 1. The predicted molar refractivity (Wildman–Crippen MR) is 84.6 cm³/mol. The number of aryl methyl sites for hydroxylation is 2. The molecular formula is C15H23N3O2S. The topological polar surface area (TPSA) is 55.6 Å². The van der Waals surface area contributed by atoms with Gasteiger partial charge in [-0.2, -0.15) is 0 Å². The summed E-state index contributed by atoms with van der Waals surface area (Å²) in [5.74, 6) is 0.0228. The van der Waals surface area contributed by atoms with E-state index in [-0.39, 0.29) is 17.9 Å². The van der Waals surface area contributed by atoms with Crippen LogP contribution in [-0.2, 0) is 16.1 Å². The second kappa shape index (κ2) is 6.58. The van der Waals surface area contributed by atoms with Crippen molar-refractivity contribution in [3.05, 3.63) is 22.5 Å². The number of rotatable bonds is 6. The number of thiazole rings is 1. The SMILES string of the molecule is CCC(C)C(NCc1c(C)nc2sc(C)cn12)C(=O)OC. The first-order valence-corrected chi connectivity index (χ1v) is 8.04. The number of fused-ring (bicyclic) bond motifs is 1. The zero-order valence-electron chi connectivity index (χ0n) is 13.3. The van der Waals surface area contributed by atoms with E-state index in [1.165, 1.54) is 12.0 Å². The Hall–Kier alpha value is -1.40. The van der Waals surface area contributed by atoms with E-state index < -0.39 is 0 Å². The number of hydrogen-bond acceptors (Lipinski definition) is 5. The highest BCUT2D eigenvalue weighted by Gasteiger charge is 2.25. The molecule has 116 valence electrons. The zero-order valence-corrected chi connectivity index (χ0v) is 14.1. The maximum absolute atomic E-state index is 11.9. The number of nitrogens with one attached hydrogen (secondary N) is 1. The minimum absolute atomic E-state index is 0.204. The largest absolute Gasteiger partial charge is 0.468 e. The first-order valence-electron chi connectivity index (χ1n) is 7.23. The highest BCUT2D eigenvalue weighted by atomic mass is 32.1. The Labute approximate surface area is 129 Å². The molecule has 0 spiro atoms. The quantitative estimate of drug-likeness (QED) is 0.834. The molecule has 0 aromatic carbocycles. The Morgan fingerprint density at radius 2 is 2.24 bits per heavy atom. The van der Waals surface area contributed by atoms with E-state index in [1.54, 1.807) is 11.3 Å². The molecule has 2 aromatic rings. The van der Waals surface area contributed by atoms with Crippen LogP contribution in [0, 0.1) is 19.8 Å². The van der Waals surface area contributed by atoms with Gasteiger partial charge in [0.2, 0.25) is 0 Å². The summed E-state index contributed by atoms with van der Waals surface area (Å²) in [7, 11) is 1.43. The maximum atomic E-state index is 11.9. The highest BCUT2D eigenvalue weighted by Crippen LogP contribution is 2.21. The average Bonchev–Trinajstić information content (AvgIpc) is 2.94. The summed E-state index contributed by atoms with van der Waals surface area (Å²) in [6, 6.07) is -0.287. The van der Waals surface area contributed by atoms with E-state index in [0.29, 0.717) is 6.54 Å². The van der Waals surface area contributed by atoms with Crippen molar-refractivity contribution in [2.75, 3.05) is 7.11 Å². The van der Waals surface area contributed by atoms with Crippen LogP contribution in [0.25, 0.3) is 4.96 Å². The van der Waals surface area contributed by atoms with Crippen molar-refractivity contribution in [1.82, 2.24) is 14.7 Å². The van der Waals surface area contributed by atoms with Gasteiger partial charge in [0.1, 0.15) is 6.04 Å². The van der Waals surface area contributed by atoms with E-state index >= 15 is 0 Å². The van der Waals surface area contributed by atoms with E-state index in [0.717, 1.165) is 22.8 Å². The number of methoxy groups -OCH3 is 1. The molecule has 21 heavy (non-hydrogen) atoms. The number of nitrogens with zero attached hydrogens (tertiary/aromatic N) is 2. The molecule has 0 fully saturated rings. The fourth-order valence-corrected chi connectivity index (χ4v) is 3.30. The van der Waals surface area contributed by atoms with Crippen LogP contribution in [0.2, 0.25) is 0 Å². The van der Waals surface area contributed by atoms with Gasteiger partial charge in [-0.05, 0) is 19.8 Å². The molecule has 0 aliphatic heterocycles. The summed E-state index contributed by atoms with van der Waals surface area (Å²) in [4.78, 5) is 18.7. The van der Waals surface area contributed by atoms with Crippen LogP contribution in [0.5, 0.6) is 0 Å². The number of carbonyl (C=O) groups excluding carboxylic acids is 1. The van der Waals surface area contributed by atoms with E-state index in [4.69, 9.17) is 4.74 Å². The molecular weight excluding hydrogens is 286 g/mol. The Morgan fingerprint density at radius 3 is 2.86 bits per heavy atom. The highest BCUT2D eigenvalue weighted by molar-refractivity contribution is 7.17. The molecule has 0 aliphatic rings. The third kappa shape index (κ3) is 3.27. The van der Waals surface area contributed by atoms with Crippen molar-refractivity contribution in [2.24, 2.45) is 5.92 Å². The molecule has 1 N–H and O–H groups in total. The average molecular weight is 309 g/mol. The molecule has 2 heterocycles. The van der Waals surface area contributed by atoms with E-state index in [2.05, 4.69) is 41.7 Å². The fraction of sp³-hybridized carbons (Fsp3) is 0.600. The molecule has 0 saturated carbocycles. The van der Waals surface area contributed by atoms with Gasteiger partial charge in [-0.25, -0.2) is 4.98 Å². The van der Waals surface area contributed by atoms with Gasteiger partial charge >= 0.3 is 5.97 Å². The Kier molecular flexibility index (Phi) is 5.00. The van der Waals surface area contributed by atoms with Crippen LogP contribution in [0.1, 0.15) is 36.5 Å². The minimum Gasteiger partial charge on any atom is -0.468 e. The van der Waals surface area contributed by atoms with Gasteiger partial charge < -0.3 is 4.74 Å². The van der Waals surface area contributed by atoms with Crippen molar-refractivity contribution in [2.45, 2.75) is 46.7 Å². The molecule has 6 heteroatoms. The summed E-state index contributed by atoms with van der Waals surface area (Å²) in [5.41, 5.74) is 2.10. The fourth-order valence-electron chi connectivity index (χ4n) is 2.41. The zero-order chi connectivity index (χ0) is 15.6. The molecule has 5 nitrogen and oxygen atoms in total. The second-order valence-corrected chi connectivity index (χ2v) is 6.62. The first-order chi connectivity index (χ1) is 9.97. The molecule has 0 amide bonds. The lowest BCUT2D eigenvalue weighted by Crippen LogP contribution is -2.42. The van der Waals surface area contributed by atoms with Crippen LogP contribution < -0.4 is 5.32 Å². The summed E-state index contributed by atoms with van der Waals surface area (Å²) in [6.07, 6.45) is 3.01. The molecule has 2 rings (SSSR count). The standard InChI is InChI=1S/C15H23N3O2S/c1-6-9(2)13(14(19)20-5)16-7-12-11(4)17-15-18(12)8-10(3)21-15/h8-9,13,16H,6-7H2,1-5H3. The Bertz CT molecular complexity index is 632. The Balaban J connectivity index is 2.18. The summed E-state index contributed by atoms with van der Waals surface area (Å²) in [5, 5.41) is 3.34. The number of imidazole rings is 1. The summed E-state index contributed by atoms with van der Waals surface area (Å²) < 4.78 is 7.01. The smallest absolute Gasteiger partial charge is 0.323 e. The van der Waals surface area contributed by atoms with Gasteiger partial charge in [0.15, 0.2) is 4.96 Å². The van der Waals surface area contributed by atoms with Crippen molar-refractivity contribution >= 4 is 22.3 Å². The van der Waals surface area contributed by atoms with Crippen LogP contribution >= 0.6 is 11.3 Å². The van der Waals surface area contributed by atoms with Crippen molar-refractivity contribution in [1.29, 1.82) is 0 Å². The number of ether oxygens (including phenoxy) is 1. The van der Waals surface area contributed by atoms with Gasteiger partial charge in [-0.1, -0.05) is 20.3 Å². The molecule has 2 atom stereocenters. The van der Waals surface area contributed by atoms with Crippen molar-refractivity contribution < 1.29 is 9.53 Å². The molecule has 2 unspecified atom stereocenters. The summed E-state index contributed by atoms with van der Waals surface area (Å²) >= 11 is 1.68. The lowest BCUT2D eigenvalue weighted by atomic mass is 9.99. The van der Waals surface area contributed by atoms with E-state index in [1.807, 2.05) is 6.92 Å². The lowest BCUT2D eigenvalue weighted by molar-refractivity contribution is -0.144. The molecule has 0 saturated heterocycles. The van der Waals surface area contributed by atoms with Gasteiger partial charge in [0.05, 0.1) is 18.5 Å². The first kappa shape index (κ1) is 16.0. The number of hydrogen-bond donors (Lipinski definition) is 1. The van der Waals surface area contributed by atoms with Gasteiger partial charge in [0, 0.05) is 17.6 Å². The molecule has 2 aromatic heterocycles. The Morgan fingerprint density at radius 1 is 1.52 bits per heavy atom. The van der Waals surface area contributed by atoms with Crippen LogP contribution in [-0.4, -0.2) is 28.5 Å². The second-order valence-electron chi connectivity index (χ2n) is 5.41. The van der Waals surface area contributed by atoms with Crippen LogP contribution in [0.4, 0.5) is 0 Å². The predicted octanol–water partition coefficient (Wildman–Crippen LogP) is 2.69.